The van der Waals surface area contributed by atoms with E-state index in [1.54, 1.807) is 12.1 Å². The Labute approximate surface area is 131 Å². The quantitative estimate of drug-likeness (QED) is 0.855. The molecule has 2 aromatic carbocycles. The Morgan fingerprint density at radius 2 is 1.52 bits per heavy atom. The molecule has 2 aromatic rings. The average Bonchev–Trinajstić information content (AvgIpc) is 2.38. The van der Waals surface area contributed by atoms with Crippen molar-refractivity contribution in [2.24, 2.45) is 0 Å². The molecule has 0 saturated heterocycles. The molecule has 0 fully saturated rings. The van der Waals surface area contributed by atoms with Crippen molar-refractivity contribution < 1.29 is 8.42 Å². The topological polar surface area (TPSA) is 37.4 Å². The van der Waals surface area contributed by atoms with E-state index in [0.29, 0.717) is 11.6 Å². The number of nitrogens with zero attached hydrogens (tertiary/aromatic N) is 1. The Balaban J connectivity index is 2.48. The summed E-state index contributed by atoms with van der Waals surface area (Å²) < 4.78 is 25.9. The van der Waals surface area contributed by atoms with Crippen LogP contribution in [0.1, 0.15) is 16.7 Å². The van der Waals surface area contributed by atoms with Crippen LogP contribution < -0.4 is 4.31 Å². The Morgan fingerprint density at radius 3 is 2.00 bits per heavy atom. The van der Waals surface area contributed by atoms with Crippen LogP contribution in [-0.2, 0) is 16.6 Å². The molecule has 0 aliphatic carbocycles. The van der Waals surface area contributed by atoms with Crippen molar-refractivity contribution in [3.8, 4) is 0 Å². The first kappa shape index (κ1) is 15.9. The van der Waals surface area contributed by atoms with E-state index in [-0.39, 0.29) is 0 Å². The van der Waals surface area contributed by atoms with E-state index in [1.807, 2.05) is 44.2 Å². The Bertz CT molecular complexity index is 719. The lowest BCUT2D eigenvalue weighted by atomic mass is 10.1. The molecule has 0 bridgehead atoms. The fourth-order valence-electron chi connectivity index (χ4n) is 2.32. The number of para-hydroxylation sites is 1. The molecule has 112 valence electrons. The van der Waals surface area contributed by atoms with Crippen LogP contribution in [-0.4, -0.2) is 14.7 Å². The molecular weight excluding hydrogens is 306 g/mol. The number of halogens is 1. The number of hydrogen-bond donors (Lipinski definition) is 0. The number of anilines is 1. The van der Waals surface area contributed by atoms with Crippen LogP contribution in [0.15, 0.2) is 42.5 Å². The molecule has 21 heavy (non-hydrogen) atoms. The van der Waals surface area contributed by atoms with Crippen molar-refractivity contribution in [3.05, 3.63) is 64.2 Å². The highest BCUT2D eigenvalue weighted by molar-refractivity contribution is 7.92. The zero-order valence-corrected chi connectivity index (χ0v) is 13.9. The molecule has 5 heteroatoms. The number of rotatable bonds is 4. The highest BCUT2D eigenvalue weighted by Gasteiger charge is 2.21. The van der Waals surface area contributed by atoms with E-state index < -0.39 is 10.0 Å². The summed E-state index contributed by atoms with van der Waals surface area (Å²) in [5, 5.41) is 0.636. The van der Waals surface area contributed by atoms with Crippen molar-refractivity contribution in [3.63, 3.8) is 0 Å². The summed E-state index contributed by atoms with van der Waals surface area (Å²) >= 11 is 5.87. The molecule has 0 unspecified atom stereocenters. The molecule has 0 amide bonds. The van der Waals surface area contributed by atoms with E-state index in [0.717, 1.165) is 22.4 Å². The molecular formula is C16H18ClNO2S. The van der Waals surface area contributed by atoms with Gasteiger partial charge in [-0.05, 0) is 42.7 Å². The summed E-state index contributed by atoms with van der Waals surface area (Å²) in [6.45, 7) is 4.13. The minimum absolute atomic E-state index is 0.293. The molecule has 0 heterocycles. The van der Waals surface area contributed by atoms with Gasteiger partial charge in [0.25, 0.3) is 0 Å². The van der Waals surface area contributed by atoms with Gasteiger partial charge in [0, 0.05) is 5.02 Å². The fourth-order valence-corrected chi connectivity index (χ4v) is 3.45. The van der Waals surface area contributed by atoms with Crippen molar-refractivity contribution in [1.82, 2.24) is 0 Å². The lowest BCUT2D eigenvalue weighted by Crippen LogP contribution is -2.30. The van der Waals surface area contributed by atoms with E-state index in [2.05, 4.69) is 0 Å². The van der Waals surface area contributed by atoms with Crippen LogP contribution in [0.3, 0.4) is 0 Å². The highest BCUT2D eigenvalue weighted by atomic mass is 35.5. The lowest BCUT2D eigenvalue weighted by molar-refractivity contribution is 0.596. The molecule has 0 spiro atoms. The average molecular weight is 324 g/mol. The Morgan fingerprint density at radius 1 is 1.00 bits per heavy atom. The second-order valence-corrected chi connectivity index (χ2v) is 7.48. The third-order valence-electron chi connectivity index (χ3n) is 3.33. The van der Waals surface area contributed by atoms with Crippen molar-refractivity contribution in [2.45, 2.75) is 20.4 Å². The normalized spacial score (nSPS) is 11.4. The second kappa shape index (κ2) is 6.08. The van der Waals surface area contributed by atoms with Gasteiger partial charge in [0.15, 0.2) is 0 Å². The van der Waals surface area contributed by atoms with Gasteiger partial charge in [0.05, 0.1) is 18.5 Å². The Hall–Kier alpha value is -1.52. The third kappa shape index (κ3) is 3.77. The molecule has 0 saturated carbocycles. The van der Waals surface area contributed by atoms with Crippen LogP contribution in [0, 0.1) is 13.8 Å². The first-order chi connectivity index (χ1) is 9.79. The van der Waals surface area contributed by atoms with Crippen LogP contribution in [0.5, 0.6) is 0 Å². The number of aryl methyl sites for hydroxylation is 2. The van der Waals surface area contributed by atoms with Crippen LogP contribution in [0.4, 0.5) is 5.69 Å². The van der Waals surface area contributed by atoms with Crippen molar-refractivity contribution in [1.29, 1.82) is 0 Å². The smallest absolute Gasteiger partial charge is 0.232 e. The number of benzene rings is 2. The summed E-state index contributed by atoms with van der Waals surface area (Å²) in [4.78, 5) is 0. The van der Waals surface area contributed by atoms with E-state index in [4.69, 9.17) is 11.6 Å². The zero-order chi connectivity index (χ0) is 15.6. The molecule has 0 N–H and O–H groups in total. The summed E-state index contributed by atoms with van der Waals surface area (Å²) in [7, 11) is -3.37. The summed E-state index contributed by atoms with van der Waals surface area (Å²) in [5.41, 5.74) is 3.52. The van der Waals surface area contributed by atoms with Gasteiger partial charge in [-0.2, -0.15) is 0 Å². The third-order valence-corrected chi connectivity index (χ3v) is 4.69. The van der Waals surface area contributed by atoms with Gasteiger partial charge in [0.2, 0.25) is 10.0 Å². The second-order valence-electron chi connectivity index (χ2n) is 5.14. The van der Waals surface area contributed by atoms with Gasteiger partial charge in [-0.15, -0.1) is 0 Å². The number of hydrogen-bond acceptors (Lipinski definition) is 2. The standard InChI is InChI=1S/C16H18ClNO2S/c1-12-5-4-6-13(2)16(12)18(21(3,19)20)11-14-7-9-15(17)10-8-14/h4-10H,11H2,1-3H3. The maximum atomic E-state index is 12.2. The van der Waals surface area contributed by atoms with E-state index in [9.17, 15) is 8.42 Å². The van der Waals surface area contributed by atoms with Crippen LogP contribution in [0.25, 0.3) is 0 Å². The number of sulfonamides is 1. The van der Waals surface area contributed by atoms with Crippen LogP contribution in [0.2, 0.25) is 5.02 Å². The van der Waals surface area contributed by atoms with Gasteiger partial charge in [-0.1, -0.05) is 41.9 Å². The van der Waals surface area contributed by atoms with Gasteiger partial charge in [-0.25, -0.2) is 8.42 Å². The van der Waals surface area contributed by atoms with Gasteiger partial charge >= 0.3 is 0 Å². The van der Waals surface area contributed by atoms with Gasteiger partial charge < -0.3 is 0 Å². The van der Waals surface area contributed by atoms with Crippen molar-refractivity contribution in [2.75, 3.05) is 10.6 Å². The highest BCUT2D eigenvalue weighted by Crippen LogP contribution is 2.28. The molecule has 0 aliphatic heterocycles. The molecule has 3 nitrogen and oxygen atoms in total. The van der Waals surface area contributed by atoms with Gasteiger partial charge in [-0.3, -0.25) is 4.31 Å². The maximum Gasteiger partial charge on any atom is 0.232 e. The molecule has 0 atom stereocenters. The molecule has 0 aliphatic rings. The summed E-state index contributed by atoms with van der Waals surface area (Å²) in [6, 6.07) is 13.0. The predicted octanol–water partition coefficient (Wildman–Crippen LogP) is 3.92. The monoisotopic (exact) mass is 323 g/mol. The lowest BCUT2D eigenvalue weighted by Gasteiger charge is -2.26. The molecule has 2 rings (SSSR count). The Kier molecular flexibility index (Phi) is 4.59. The molecule has 0 aromatic heterocycles. The summed E-state index contributed by atoms with van der Waals surface area (Å²) in [5.74, 6) is 0. The molecule has 0 radical (unpaired) electrons. The van der Waals surface area contributed by atoms with Crippen molar-refractivity contribution >= 4 is 27.3 Å². The zero-order valence-electron chi connectivity index (χ0n) is 12.3. The fraction of sp³-hybridized carbons (Fsp3) is 0.250. The van der Waals surface area contributed by atoms with Gasteiger partial charge in [0.1, 0.15) is 0 Å². The van der Waals surface area contributed by atoms with Crippen LogP contribution >= 0.6 is 11.6 Å². The minimum atomic E-state index is -3.37. The summed E-state index contributed by atoms with van der Waals surface area (Å²) in [6.07, 6.45) is 1.23. The van der Waals surface area contributed by atoms with E-state index >= 15 is 0 Å². The first-order valence-electron chi connectivity index (χ1n) is 6.57. The largest absolute Gasteiger partial charge is 0.266 e. The maximum absolute atomic E-state index is 12.2. The first-order valence-corrected chi connectivity index (χ1v) is 8.80. The minimum Gasteiger partial charge on any atom is -0.266 e. The predicted molar refractivity (Wildman–Crippen MR) is 88.4 cm³/mol. The van der Waals surface area contributed by atoms with E-state index in [1.165, 1.54) is 10.6 Å². The SMILES string of the molecule is Cc1cccc(C)c1N(Cc1ccc(Cl)cc1)S(C)(=O)=O.